The Hall–Kier alpha value is -2.39. The molecule has 2 bridgehead atoms. The molecular formula is C16H17N5O. The van der Waals surface area contributed by atoms with Gasteiger partial charge in [-0.05, 0) is 31.8 Å². The number of carbonyl (C=O) groups excluding carboxylic acids is 1. The fourth-order valence-corrected chi connectivity index (χ4v) is 3.48. The molecule has 0 saturated carbocycles. The van der Waals surface area contributed by atoms with Gasteiger partial charge in [0.2, 0.25) is 0 Å². The van der Waals surface area contributed by atoms with Gasteiger partial charge in [0.25, 0.3) is 5.91 Å². The Labute approximate surface area is 128 Å². The highest BCUT2D eigenvalue weighted by Crippen LogP contribution is 2.27. The van der Waals surface area contributed by atoms with E-state index >= 15 is 0 Å². The Balaban J connectivity index is 1.56. The van der Waals surface area contributed by atoms with Crippen molar-refractivity contribution in [2.24, 2.45) is 5.92 Å². The maximum atomic E-state index is 12.5. The summed E-state index contributed by atoms with van der Waals surface area (Å²) in [5.74, 6) is 3.00. The van der Waals surface area contributed by atoms with Crippen molar-refractivity contribution in [1.29, 1.82) is 0 Å². The van der Waals surface area contributed by atoms with Crippen molar-refractivity contribution in [3.8, 4) is 12.3 Å². The highest BCUT2D eigenvalue weighted by Gasteiger charge is 2.35. The molecule has 1 N–H and O–H groups in total. The first-order valence-corrected chi connectivity index (χ1v) is 7.57. The number of nitrogens with zero attached hydrogens (tertiary/aromatic N) is 4. The molecule has 3 aliphatic rings. The van der Waals surface area contributed by atoms with Crippen LogP contribution in [0, 0.1) is 18.3 Å². The van der Waals surface area contributed by atoms with Gasteiger partial charge in [-0.2, -0.15) is 0 Å². The van der Waals surface area contributed by atoms with Crippen molar-refractivity contribution in [2.75, 3.05) is 19.6 Å². The third kappa shape index (κ3) is 2.14. The summed E-state index contributed by atoms with van der Waals surface area (Å²) in [5, 5.41) is 3.13. The average Bonchev–Trinajstić information content (AvgIpc) is 2.98. The zero-order chi connectivity index (χ0) is 15.1. The van der Waals surface area contributed by atoms with Crippen LogP contribution in [0.1, 0.15) is 29.0 Å². The number of imidazole rings is 1. The molecule has 22 heavy (non-hydrogen) atoms. The van der Waals surface area contributed by atoms with Crippen LogP contribution in [0.3, 0.4) is 0 Å². The molecule has 112 valence electrons. The largest absolute Gasteiger partial charge is 0.346 e. The lowest BCUT2D eigenvalue weighted by Crippen LogP contribution is -2.57. The zero-order valence-electron chi connectivity index (χ0n) is 12.2. The monoisotopic (exact) mass is 295 g/mol. The molecule has 0 spiro atoms. The predicted octanol–water partition coefficient (Wildman–Crippen LogP) is 0.535. The summed E-state index contributed by atoms with van der Waals surface area (Å²) < 4.78 is 1.72. The highest BCUT2D eigenvalue weighted by molar-refractivity contribution is 5.92. The summed E-state index contributed by atoms with van der Waals surface area (Å²) in [7, 11) is 0. The number of nitrogens with one attached hydrogen (secondary N) is 1. The Morgan fingerprint density at radius 1 is 1.32 bits per heavy atom. The van der Waals surface area contributed by atoms with Crippen LogP contribution in [0.5, 0.6) is 0 Å². The Morgan fingerprint density at radius 2 is 2.14 bits per heavy atom. The molecule has 2 aromatic rings. The first kappa shape index (κ1) is 13.3. The maximum Gasteiger partial charge on any atom is 0.271 e. The van der Waals surface area contributed by atoms with Gasteiger partial charge in [0, 0.05) is 18.8 Å². The minimum absolute atomic E-state index is 0.141. The summed E-state index contributed by atoms with van der Waals surface area (Å²) in [6, 6.07) is 0.224. The molecule has 0 aliphatic carbocycles. The number of carbonyl (C=O) groups is 1. The van der Waals surface area contributed by atoms with Gasteiger partial charge in [-0.3, -0.25) is 9.20 Å². The van der Waals surface area contributed by atoms with Crippen LogP contribution in [0.15, 0.2) is 18.6 Å². The Bertz CT molecular complexity index is 766. The summed E-state index contributed by atoms with van der Waals surface area (Å²) in [4.78, 5) is 23.2. The van der Waals surface area contributed by atoms with E-state index in [0.717, 1.165) is 19.6 Å². The molecule has 5 rings (SSSR count). The molecular weight excluding hydrogens is 278 g/mol. The molecule has 0 aromatic carbocycles. The van der Waals surface area contributed by atoms with Gasteiger partial charge in [-0.25, -0.2) is 9.97 Å². The molecule has 3 saturated heterocycles. The van der Waals surface area contributed by atoms with Gasteiger partial charge >= 0.3 is 0 Å². The van der Waals surface area contributed by atoms with Gasteiger partial charge in [-0.1, -0.05) is 5.92 Å². The van der Waals surface area contributed by atoms with Crippen molar-refractivity contribution >= 4 is 11.6 Å². The third-order valence-corrected chi connectivity index (χ3v) is 4.75. The van der Waals surface area contributed by atoms with Crippen molar-refractivity contribution < 1.29 is 4.79 Å². The van der Waals surface area contributed by atoms with Crippen molar-refractivity contribution in [2.45, 2.75) is 18.9 Å². The minimum atomic E-state index is -0.141. The van der Waals surface area contributed by atoms with Crippen LogP contribution in [0.4, 0.5) is 0 Å². The number of aromatic nitrogens is 3. The first-order valence-electron chi connectivity index (χ1n) is 7.57. The van der Waals surface area contributed by atoms with Crippen LogP contribution < -0.4 is 5.32 Å². The van der Waals surface area contributed by atoms with E-state index in [1.165, 1.54) is 12.8 Å². The molecule has 0 unspecified atom stereocenters. The topological polar surface area (TPSA) is 62.5 Å². The SMILES string of the molecule is C#Cc1cnc2cnc(C(=O)N[C@H]3CN4CCC3CC4)cn12. The second kappa shape index (κ2) is 5.11. The van der Waals surface area contributed by atoms with E-state index in [9.17, 15) is 4.79 Å². The maximum absolute atomic E-state index is 12.5. The molecule has 1 atom stereocenters. The van der Waals surface area contributed by atoms with Crippen molar-refractivity contribution in [3.63, 3.8) is 0 Å². The van der Waals surface area contributed by atoms with E-state index in [-0.39, 0.29) is 11.9 Å². The second-order valence-electron chi connectivity index (χ2n) is 6.01. The molecule has 2 aromatic heterocycles. The smallest absolute Gasteiger partial charge is 0.271 e. The van der Waals surface area contributed by atoms with Crippen molar-refractivity contribution in [3.05, 3.63) is 30.0 Å². The van der Waals surface area contributed by atoms with E-state index in [0.29, 0.717) is 23.0 Å². The molecule has 6 nitrogen and oxygen atoms in total. The Kier molecular flexibility index (Phi) is 3.09. The number of terminal acetylenes is 1. The lowest BCUT2D eigenvalue weighted by Gasteiger charge is -2.44. The lowest BCUT2D eigenvalue weighted by atomic mass is 9.84. The number of rotatable bonds is 2. The van der Waals surface area contributed by atoms with Gasteiger partial charge in [0.1, 0.15) is 11.4 Å². The van der Waals surface area contributed by atoms with Crippen LogP contribution in [0.2, 0.25) is 0 Å². The van der Waals surface area contributed by atoms with E-state index in [2.05, 4.69) is 26.1 Å². The highest BCUT2D eigenvalue weighted by atomic mass is 16.2. The zero-order valence-corrected chi connectivity index (χ0v) is 12.2. The predicted molar refractivity (Wildman–Crippen MR) is 81.3 cm³/mol. The average molecular weight is 295 g/mol. The van der Waals surface area contributed by atoms with Crippen LogP contribution in [-0.2, 0) is 0 Å². The Morgan fingerprint density at radius 3 is 2.82 bits per heavy atom. The molecule has 0 radical (unpaired) electrons. The standard InChI is InChI=1S/C16H17N5O/c1-2-12-7-18-15-8-17-14(10-21(12)15)16(22)19-13-9-20-5-3-11(13)4-6-20/h1,7-8,10-11,13H,3-6,9H2,(H,19,22)/t13-/m0/s1. The van der Waals surface area contributed by atoms with Crippen molar-refractivity contribution in [1.82, 2.24) is 24.6 Å². The fourth-order valence-electron chi connectivity index (χ4n) is 3.48. The van der Waals surface area contributed by atoms with E-state index < -0.39 is 0 Å². The van der Waals surface area contributed by atoms with Gasteiger partial charge in [-0.15, -0.1) is 6.42 Å². The summed E-state index contributed by atoms with van der Waals surface area (Å²) in [6.45, 7) is 3.25. The number of amides is 1. The molecule has 5 heterocycles. The summed E-state index contributed by atoms with van der Waals surface area (Å²) in [5.41, 5.74) is 1.64. The lowest BCUT2D eigenvalue weighted by molar-refractivity contribution is 0.0617. The number of piperidine rings is 3. The van der Waals surface area contributed by atoms with Gasteiger partial charge in [0.15, 0.2) is 5.65 Å². The van der Waals surface area contributed by atoms with Crippen LogP contribution >= 0.6 is 0 Å². The van der Waals surface area contributed by atoms with Gasteiger partial charge < -0.3 is 10.2 Å². The third-order valence-electron chi connectivity index (χ3n) is 4.75. The number of fused-ring (bicyclic) bond motifs is 4. The number of hydrogen-bond donors (Lipinski definition) is 1. The molecule has 3 fully saturated rings. The quantitative estimate of drug-likeness (QED) is 0.821. The number of hydrogen-bond acceptors (Lipinski definition) is 4. The van der Waals surface area contributed by atoms with Gasteiger partial charge in [0.05, 0.1) is 12.4 Å². The normalized spacial score (nSPS) is 26.8. The van der Waals surface area contributed by atoms with E-state index in [4.69, 9.17) is 6.42 Å². The van der Waals surface area contributed by atoms with E-state index in [1.54, 1.807) is 23.0 Å². The second-order valence-corrected chi connectivity index (χ2v) is 6.01. The first-order chi connectivity index (χ1) is 10.7. The molecule has 6 heteroatoms. The van der Waals surface area contributed by atoms with Crippen LogP contribution in [-0.4, -0.2) is 50.9 Å². The van der Waals surface area contributed by atoms with E-state index in [1.807, 2.05) is 0 Å². The summed E-state index contributed by atoms with van der Waals surface area (Å²) in [6.07, 6.45) is 12.6. The molecule has 3 aliphatic heterocycles. The minimum Gasteiger partial charge on any atom is -0.346 e. The fraction of sp³-hybridized carbons (Fsp3) is 0.438. The van der Waals surface area contributed by atoms with Crippen LogP contribution in [0.25, 0.3) is 5.65 Å². The summed E-state index contributed by atoms with van der Waals surface area (Å²) >= 11 is 0. The molecule has 1 amide bonds.